The van der Waals surface area contributed by atoms with Gasteiger partial charge in [0.15, 0.2) is 0 Å². The Morgan fingerprint density at radius 1 is 0.775 bits per heavy atom. The third-order valence-corrected chi connectivity index (χ3v) is 9.68. The SMILES string of the molecule is Cc1ccc(S(=O)(=O)N(CC(=O)Nc2ccc(S(=O)(=O)Nc3ccccc3Cl)cc2)c2cc(Cl)ccc2Cl)cc1. The second-order valence-corrected chi connectivity index (χ2v) is 13.4. The Balaban J connectivity index is 1.57. The van der Waals surface area contributed by atoms with Crippen LogP contribution in [0, 0.1) is 6.92 Å². The Morgan fingerprint density at radius 2 is 1.40 bits per heavy atom. The van der Waals surface area contributed by atoms with Crippen molar-refractivity contribution in [2.75, 3.05) is 20.9 Å². The molecule has 208 valence electrons. The minimum absolute atomic E-state index is 0.0250. The molecule has 0 fully saturated rings. The third kappa shape index (κ3) is 6.89. The number of rotatable bonds is 9. The monoisotopic (exact) mass is 637 g/mol. The minimum Gasteiger partial charge on any atom is -0.325 e. The molecule has 0 radical (unpaired) electrons. The van der Waals surface area contributed by atoms with Crippen molar-refractivity contribution >= 4 is 77.8 Å². The number of nitrogens with zero attached hydrogens (tertiary/aromatic N) is 1. The first kappa shape index (κ1) is 29.7. The van der Waals surface area contributed by atoms with Crippen LogP contribution in [0.15, 0.2) is 101 Å². The van der Waals surface area contributed by atoms with Gasteiger partial charge in [0.2, 0.25) is 5.91 Å². The number of aryl methyl sites for hydroxylation is 1. The molecule has 40 heavy (non-hydrogen) atoms. The second-order valence-electron chi connectivity index (χ2n) is 8.58. The number of nitrogens with one attached hydrogen (secondary N) is 2. The molecule has 0 aliphatic heterocycles. The Labute approximate surface area is 247 Å². The van der Waals surface area contributed by atoms with Crippen LogP contribution in [0.3, 0.4) is 0 Å². The smallest absolute Gasteiger partial charge is 0.264 e. The molecule has 0 unspecified atom stereocenters. The van der Waals surface area contributed by atoms with E-state index in [1.165, 1.54) is 60.7 Å². The van der Waals surface area contributed by atoms with Crippen LogP contribution in [-0.2, 0) is 24.8 Å². The molecule has 8 nitrogen and oxygen atoms in total. The topological polar surface area (TPSA) is 113 Å². The van der Waals surface area contributed by atoms with E-state index in [1.807, 2.05) is 6.92 Å². The highest BCUT2D eigenvalue weighted by molar-refractivity contribution is 7.93. The maximum atomic E-state index is 13.6. The zero-order valence-electron chi connectivity index (χ0n) is 20.8. The average Bonchev–Trinajstić information content (AvgIpc) is 2.90. The Bertz CT molecular complexity index is 1760. The number of benzene rings is 4. The molecule has 0 atom stereocenters. The largest absolute Gasteiger partial charge is 0.325 e. The van der Waals surface area contributed by atoms with Crippen molar-refractivity contribution < 1.29 is 21.6 Å². The number of carbonyl (C=O) groups is 1. The number of carbonyl (C=O) groups excluding carboxylic acids is 1. The fourth-order valence-electron chi connectivity index (χ4n) is 3.61. The van der Waals surface area contributed by atoms with E-state index in [-0.39, 0.29) is 41.9 Å². The molecule has 0 aliphatic rings. The maximum absolute atomic E-state index is 13.6. The summed E-state index contributed by atoms with van der Waals surface area (Å²) in [4.78, 5) is 12.9. The van der Waals surface area contributed by atoms with E-state index in [0.29, 0.717) is 0 Å². The number of para-hydroxylation sites is 1. The van der Waals surface area contributed by atoms with Crippen LogP contribution < -0.4 is 14.3 Å². The van der Waals surface area contributed by atoms with Gasteiger partial charge in [0.05, 0.1) is 31.2 Å². The van der Waals surface area contributed by atoms with Crippen LogP contribution in [-0.4, -0.2) is 29.3 Å². The molecule has 4 rings (SSSR count). The van der Waals surface area contributed by atoms with Crippen LogP contribution in [0.25, 0.3) is 0 Å². The highest BCUT2D eigenvalue weighted by Gasteiger charge is 2.29. The number of hydrogen-bond donors (Lipinski definition) is 2. The summed E-state index contributed by atoms with van der Waals surface area (Å²) >= 11 is 18.5. The van der Waals surface area contributed by atoms with Gasteiger partial charge in [-0.1, -0.05) is 64.6 Å². The molecule has 4 aromatic rings. The van der Waals surface area contributed by atoms with Gasteiger partial charge in [-0.3, -0.25) is 13.8 Å². The zero-order chi connectivity index (χ0) is 29.1. The van der Waals surface area contributed by atoms with Crippen molar-refractivity contribution in [1.82, 2.24) is 0 Å². The molecule has 4 aromatic carbocycles. The van der Waals surface area contributed by atoms with Crippen LogP contribution in [0.2, 0.25) is 15.1 Å². The summed E-state index contributed by atoms with van der Waals surface area (Å²) in [5, 5.41) is 3.13. The highest BCUT2D eigenvalue weighted by Crippen LogP contribution is 2.33. The summed E-state index contributed by atoms with van der Waals surface area (Å²) < 4.78 is 56.0. The molecule has 0 aromatic heterocycles. The van der Waals surface area contributed by atoms with Gasteiger partial charge < -0.3 is 5.32 Å². The molecule has 0 saturated heterocycles. The van der Waals surface area contributed by atoms with Gasteiger partial charge in [-0.05, 0) is 73.7 Å². The van der Waals surface area contributed by atoms with Gasteiger partial charge in [0.1, 0.15) is 6.54 Å². The quantitative estimate of drug-likeness (QED) is 0.215. The first-order valence-electron chi connectivity index (χ1n) is 11.6. The maximum Gasteiger partial charge on any atom is 0.264 e. The summed E-state index contributed by atoms with van der Waals surface area (Å²) in [6.07, 6.45) is 0. The van der Waals surface area contributed by atoms with E-state index in [9.17, 15) is 21.6 Å². The number of anilines is 3. The lowest BCUT2D eigenvalue weighted by atomic mass is 10.2. The van der Waals surface area contributed by atoms with E-state index in [2.05, 4.69) is 10.0 Å². The molecule has 1 amide bonds. The molecule has 0 saturated carbocycles. The predicted molar refractivity (Wildman–Crippen MR) is 160 cm³/mol. The molecule has 13 heteroatoms. The number of halogens is 3. The standard InChI is InChI=1S/C27H22Cl3N3O5S2/c1-18-6-11-22(12-7-18)40(37,38)33(26-16-19(28)8-15-24(26)30)17-27(34)31-20-9-13-21(14-10-20)39(35,36)32-25-5-3-2-4-23(25)29/h2-16,32H,17H2,1H3,(H,31,34). The minimum atomic E-state index is -4.23. The van der Waals surface area contributed by atoms with Crippen LogP contribution >= 0.6 is 34.8 Å². The first-order chi connectivity index (χ1) is 18.9. The molecule has 0 heterocycles. The lowest BCUT2D eigenvalue weighted by Crippen LogP contribution is -2.38. The fourth-order valence-corrected chi connectivity index (χ4v) is 6.80. The first-order valence-corrected chi connectivity index (χ1v) is 15.6. The molecular formula is C27H22Cl3N3O5S2. The Morgan fingerprint density at radius 3 is 2.05 bits per heavy atom. The average molecular weight is 639 g/mol. The summed E-state index contributed by atoms with van der Waals surface area (Å²) in [5.41, 5.74) is 1.34. The van der Waals surface area contributed by atoms with Crippen molar-refractivity contribution in [3.63, 3.8) is 0 Å². The summed E-state index contributed by atoms with van der Waals surface area (Å²) in [6.45, 7) is 1.18. The van der Waals surface area contributed by atoms with Crippen LogP contribution in [0.1, 0.15) is 5.56 Å². The number of hydrogen-bond acceptors (Lipinski definition) is 5. The van der Waals surface area contributed by atoms with Crippen molar-refractivity contribution in [2.24, 2.45) is 0 Å². The van der Waals surface area contributed by atoms with Gasteiger partial charge in [-0.2, -0.15) is 0 Å². The highest BCUT2D eigenvalue weighted by atomic mass is 35.5. The second kappa shape index (κ2) is 12.1. The van der Waals surface area contributed by atoms with Crippen LogP contribution in [0.5, 0.6) is 0 Å². The molecular weight excluding hydrogens is 617 g/mol. The van der Waals surface area contributed by atoms with Crippen molar-refractivity contribution in [3.05, 3.63) is 112 Å². The van der Waals surface area contributed by atoms with Crippen LogP contribution in [0.4, 0.5) is 17.1 Å². The summed E-state index contributed by atoms with van der Waals surface area (Å²) in [5.74, 6) is -0.698. The van der Waals surface area contributed by atoms with Crippen molar-refractivity contribution in [1.29, 1.82) is 0 Å². The van der Waals surface area contributed by atoms with Gasteiger partial charge in [0, 0.05) is 10.7 Å². The van der Waals surface area contributed by atoms with Gasteiger partial charge in [-0.15, -0.1) is 0 Å². The van der Waals surface area contributed by atoms with E-state index in [1.54, 1.807) is 30.3 Å². The molecule has 0 spiro atoms. The normalized spacial score (nSPS) is 11.6. The summed E-state index contributed by atoms with van der Waals surface area (Å²) in [6, 6.07) is 22.2. The fraction of sp³-hybridized carbons (Fsp3) is 0.0741. The number of sulfonamides is 2. The predicted octanol–water partition coefficient (Wildman–Crippen LogP) is 6.59. The van der Waals surface area contributed by atoms with E-state index in [0.717, 1.165) is 9.87 Å². The van der Waals surface area contributed by atoms with E-state index in [4.69, 9.17) is 34.8 Å². The van der Waals surface area contributed by atoms with Gasteiger partial charge in [-0.25, -0.2) is 16.8 Å². The molecule has 0 aliphatic carbocycles. The molecule has 2 N–H and O–H groups in total. The zero-order valence-corrected chi connectivity index (χ0v) is 24.7. The van der Waals surface area contributed by atoms with E-state index < -0.39 is 32.5 Å². The number of amides is 1. The van der Waals surface area contributed by atoms with E-state index >= 15 is 0 Å². The third-order valence-electron chi connectivity index (χ3n) is 5.64. The van der Waals surface area contributed by atoms with Gasteiger partial charge >= 0.3 is 0 Å². The van der Waals surface area contributed by atoms with Crippen molar-refractivity contribution in [2.45, 2.75) is 16.7 Å². The Hall–Kier alpha value is -3.28. The van der Waals surface area contributed by atoms with Crippen molar-refractivity contribution in [3.8, 4) is 0 Å². The summed E-state index contributed by atoms with van der Waals surface area (Å²) in [7, 11) is -8.19. The lowest BCUT2D eigenvalue weighted by Gasteiger charge is -2.25. The van der Waals surface area contributed by atoms with Gasteiger partial charge in [0.25, 0.3) is 20.0 Å². The lowest BCUT2D eigenvalue weighted by molar-refractivity contribution is -0.114. The molecule has 0 bridgehead atoms. The Kier molecular flexibility index (Phi) is 8.96.